The molecule has 1 nitrogen and oxygen atoms in total. The first kappa shape index (κ1) is 11.2. The van der Waals surface area contributed by atoms with Crippen molar-refractivity contribution in [3.8, 4) is 0 Å². The molecule has 0 saturated heterocycles. The highest BCUT2D eigenvalue weighted by atomic mass is 19.1. The average molecular weight is 224 g/mol. The Morgan fingerprint density at radius 3 is 2.25 bits per heavy atom. The second-order valence-electron chi connectivity index (χ2n) is 4.44. The number of rotatable bonds is 3. The molecule has 0 atom stereocenters. The van der Waals surface area contributed by atoms with E-state index in [2.05, 4.69) is 0 Å². The predicted octanol–water partition coefficient (Wildman–Crippen LogP) is 3.73. The second kappa shape index (κ2) is 4.73. The Balaban J connectivity index is 2.07. The minimum Gasteiger partial charge on any atom is -0.294 e. The zero-order valence-corrected chi connectivity index (χ0v) is 9.01. The largest absolute Gasteiger partial charge is 0.294 e. The van der Waals surface area contributed by atoms with E-state index in [0.29, 0.717) is 12.3 Å². The Labute approximate surface area is 93.5 Å². The van der Waals surface area contributed by atoms with Crippen molar-refractivity contribution in [1.29, 1.82) is 0 Å². The third kappa shape index (κ3) is 2.65. The van der Waals surface area contributed by atoms with Gasteiger partial charge in [-0.1, -0.05) is 25.7 Å². The van der Waals surface area contributed by atoms with Crippen molar-refractivity contribution >= 4 is 5.78 Å². The maximum absolute atomic E-state index is 12.9. The van der Waals surface area contributed by atoms with Crippen molar-refractivity contribution < 1.29 is 13.6 Å². The normalized spacial score (nSPS) is 16.6. The summed E-state index contributed by atoms with van der Waals surface area (Å²) in [6.07, 6.45) is 4.86. The highest BCUT2D eigenvalue weighted by molar-refractivity contribution is 5.96. The molecular formula is C13H14F2O. The van der Waals surface area contributed by atoms with Gasteiger partial charge in [-0.05, 0) is 18.1 Å². The SMILES string of the molecule is O=C(CC1CCCC1)c1cc(F)cc(F)c1. The fourth-order valence-corrected chi connectivity index (χ4v) is 2.31. The van der Waals surface area contributed by atoms with Gasteiger partial charge >= 0.3 is 0 Å². The molecule has 1 aliphatic rings. The van der Waals surface area contributed by atoms with Gasteiger partial charge in [0, 0.05) is 18.1 Å². The molecule has 0 aliphatic heterocycles. The lowest BCUT2D eigenvalue weighted by Gasteiger charge is -2.07. The van der Waals surface area contributed by atoms with E-state index in [1.807, 2.05) is 0 Å². The van der Waals surface area contributed by atoms with E-state index in [-0.39, 0.29) is 11.3 Å². The van der Waals surface area contributed by atoms with Gasteiger partial charge in [-0.25, -0.2) is 8.78 Å². The van der Waals surface area contributed by atoms with E-state index in [1.54, 1.807) is 0 Å². The molecule has 0 bridgehead atoms. The number of hydrogen-bond donors (Lipinski definition) is 0. The number of Topliss-reactive ketones (excluding diaryl/α,β-unsaturated/α-hetero) is 1. The molecule has 1 aromatic carbocycles. The zero-order chi connectivity index (χ0) is 11.5. The van der Waals surface area contributed by atoms with Crippen molar-refractivity contribution in [2.75, 3.05) is 0 Å². The van der Waals surface area contributed by atoms with E-state index in [0.717, 1.165) is 43.9 Å². The van der Waals surface area contributed by atoms with Crippen LogP contribution in [0.2, 0.25) is 0 Å². The maximum atomic E-state index is 12.9. The van der Waals surface area contributed by atoms with Crippen LogP contribution in [0.15, 0.2) is 18.2 Å². The van der Waals surface area contributed by atoms with Gasteiger partial charge in [0.15, 0.2) is 5.78 Å². The summed E-state index contributed by atoms with van der Waals surface area (Å²) in [5.41, 5.74) is 0.157. The molecule has 3 heteroatoms. The molecular weight excluding hydrogens is 210 g/mol. The summed E-state index contributed by atoms with van der Waals surface area (Å²) in [6.45, 7) is 0. The van der Waals surface area contributed by atoms with Crippen molar-refractivity contribution in [2.45, 2.75) is 32.1 Å². The molecule has 1 fully saturated rings. The van der Waals surface area contributed by atoms with E-state index in [4.69, 9.17) is 0 Å². The van der Waals surface area contributed by atoms with Gasteiger partial charge in [0.25, 0.3) is 0 Å². The van der Waals surface area contributed by atoms with Gasteiger partial charge in [-0.2, -0.15) is 0 Å². The Hall–Kier alpha value is -1.25. The molecule has 0 amide bonds. The van der Waals surface area contributed by atoms with Crippen LogP contribution in [-0.4, -0.2) is 5.78 Å². The van der Waals surface area contributed by atoms with Crippen LogP contribution in [0.4, 0.5) is 8.78 Å². The topological polar surface area (TPSA) is 17.1 Å². The van der Waals surface area contributed by atoms with Crippen LogP contribution in [0, 0.1) is 17.6 Å². The van der Waals surface area contributed by atoms with Gasteiger partial charge in [0.05, 0.1) is 0 Å². The quantitative estimate of drug-likeness (QED) is 0.715. The maximum Gasteiger partial charge on any atom is 0.163 e. The van der Waals surface area contributed by atoms with Crippen LogP contribution in [0.3, 0.4) is 0 Å². The molecule has 0 radical (unpaired) electrons. The fourth-order valence-electron chi connectivity index (χ4n) is 2.31. The van der Waals surface area contributed by atoms with Crippen LogP contribution in [-0.2, 0) is 0 Å². The number of benzene rings is 1. The summed E-state index contributed by atoms with van der Waals surface area (Å²) in [5.74, 6) is -1.12. The Morgan fingerprint density at radius 1 is 1.12 bits per heavy atom. The Kier molecular flexibility index (Phi) is 3.32. The lowest BCUT2D eigenvalue weighted by molar-refractivity contribution is 0.0961. The van der Waals surface area contributed by atoms with Crippen LogP contribution < -0.4 is 0 Å². The molecule has 1 aliphatic carbocycles. The molecule has 0 spiro atoms. The predicted molar refractivity (Wildman–Crippen MR) is 57.3 cm³/mol. The summed E-state index contributed by atoms with van der Waals surface area (Å²) in [7, 11) is 0. The zero-order valence-electron chi connectivity index (χ0n) is 9.01. The summed E-state index contributed by atoms with van der Waals surface area (Å²) >= 11 is 0. The van der Waals surface area contributed by atoms with Gasteiger partial charge in [-0.15, -0.1) is 0 Å². The van der Waals surface area contributed by atoms with Gasteiger partial charge in [-0.3, -0.25) is 4.79 Å². The lowest BCUT2D eigenvalue weighted by atomic mass is 9.97. The van der Waals surface area contributed by atoms with Crippen molar-refractivity contribution in [3.63, 3.8) is 0 Å². The Morgan fingerprint density at radius 2 is 1.69 bits per heavy atom. The van der Waals surface area contributed by atoms with Crippen LogP contribution in [0.25, 0.3) is 0 Å². The van der Waals surface area contributed by atoms with Crippen LogP contribution >= 0.6 is 0 Å². The molecule has 0 unspecified atom stereocenters. The summed E-state index contributed by atoms with van der Waals surface area (Å²) in [4.78, 5) is 11.8. The molecule has 1 saturated carbocycles. The summed E-state index contributed by atoms with van der Waals surface area (Å²) in [6, 6.07) is 3.01. The van der Waals surface area contributed by atoms with Gasteiger partial charge in [0.1, 0.15) is 11.6 Å². The third-order valence-electron chi connectivity index (χ3n) is 3.13. The van der Waals surface area contributed by atoms with Crippen molar-refractivity contribution in [1.82, 2.24) is 0 Å². The third-order valence-corrected chi connectivity index (χ3v) is 3.13. The second-order valence-corrected chi connectivity index (χ2v) is 4.44. The number of halogens is 2. The van der Waals surface area contributed by atoms with Crippen molar-refractivity contribution in [3.05, 3.63) is 35.4 Å². The van der Waals surface area contributed by atoms with E-state index in [9.17, 15) is 13.6 Å². The molecule has 16 heavy (non-hydrogen) atoms. The number of ketones is 1. The van der Waals surface area contributed by atoms with Gasteiger partial charge < -0.3 is 0 Å². The van der Waals surface area contributed by atoms with E-state index in [1.165, 1.54) is 0 Å². The van der Waals surface area contributed by atoms with E-state index >= 15 is 0 Å². The van der Waals surface area contributed by atoms with E-state index < -0.39 is 11.6 Å². The highest BCUT2D eigenvalue weighted by Gasteiger charge is 2.19. The highest BCUT2D eigenvalue weighted by Crippen LogP contribution is 2.28. The van der Waals surface area contributed by atoms with Crippen LogP contribution in [0.1, 0.15) is 42.5 Å². The van der Waals surface area contributed by atoms with Gasteiger partial charge in [0.2, 0.25) is 0 Å². The standard InChI is InChI=1S/C13H14F2O/c14-11-6-10(7-12(15)8-11)13(16)5-9-3-1-2-4-9/h6-9H,1-5H2. The molecule has 0 N–H and O–H groups in total. The minimum atomic E-state index is -0.685. The first-order valence-electron chi connectivity index (χ1n) is 5.64. The molecule has 1 aromatic rings. The fraction of sp³-hybridized carbons (Fsp3) is 0.462. The van der Waals surface area contributed by atoms with Crippen molar-refractivity contribution in [2.24, 2.45) is 5.92 Å². The molecule has 2 rings (SSSR count). The first-order chi connectivity index (χ1) is 7.65. The number of carbonyl (C=O) groups is 1. The molecule has 0 aromatic heterocycles. The molecule has 0 heterocycles. The summed E-state index contributed by atoms with van der Waals surface area (Å²) < 4.78 is 25.8. The monoisotopic (exact) mass is 224 g/mol. The van der Waals surface area contributed by atoms with Crippen LogP contribution in [0.5, 0.6) is 0 Å². The number of carbonyl (C=O) groups excluding carboxylic acids is 1. The smallest absolute Gasteiger partial charge is 0.163 e. The first-order valence-corrected chi connectivity index (χ1v) is 5.64. The summed E-state index contributed by atoms with van der Waals surface area (Å²) in [5, 5.41) is 0. The minimum absolute atomic E-state index is 0.148. The number of hydrogen-bond acceptors (Lipinski definition) is 1. The Bertz CT molecular complexity index is 375. The lowest BCUT2D eigenvalue weighted by Crippen LogP contribution is -2.06. The molecule has 86 valence electrons. The average Bonchev–Trinajstić information content (AvgIpc) is 2.68.